The third kappa shape index (κ3) is 10.9. The van der Waals surface area contributed by atoms with Gasteiger partial charge in [-0.3, -0.25) is 9.59 Å². The standard InChI is InChI=1S/C31H45N3O4S/c1-6-7-8-9-10-16-21-34(29(36)26(22-39)33-30(37)38-31(3,4)5)27(24-18-12-11-13-19-24)28(35)32-25-20-15-14-17-23(25)2/h11-15,17-20,26-27,39H,6-10,16,21-22H2,1-5H3,(H,32,35)(H,33,37). The lowest BCUT2D eigenvalue weighted by molar-refractivity contribution is -0.140. The first-order valence-corrected chi connectivity index (χ1v) is 14.5. The average Bonchev–Trinajstić information content (AvgIpc) is 2.89. The van der Waals surface area contributed by atoms with Crippen LogP contribution in [-0.4, -0.2) is 46.7 Å². The second-order valence-electron chi connectivity index (χ2n) is 10.8. The van der Waals surface area contributed by atoms with Crippen LogP contribution in [0, 0.1) is 6.92 Å². The maximum absolute atomic E-state index is 14.0. The smallest absolute Gasteiger partial charge is 0.408 e. The zero-order chi connectivity index (χ0) is 28.8. The zero-order valence-corrected chi connectivity index (χ0v) is 24.9. The summed E-state index contributed by atoms with van der Waals surface area (Å²) in [5.74, 6) is -0.630. The number of alkyl carbamates (subject to hydrolysis) is 1. The molecule has 8 heteroatoms. The fraction of sp³-hybridized carbons (Fsp3) is 0.516. The van der Waals surface area contributed by atoms with Crippen LogP contribution in [0.1, 0.15) is 83.4 Å². The van der Waals surface area contributed by atoms with Gasteiger partial charge in [0.25, 0.3) is 5.91 Å². The highest BCUT2D eigenvalue weighted by Gasteiger charge is 2.35. The second-order valence-corrected chi connectivity index (χ2v) is 11.2. The van der Waals surface area contributed by atoms with E-state index in [1.54, 1.807) is 25.7 Å². The van der Waals surface area contributed by atoms with Gasteiger partial charge in [0.15, 0.2) is 0 Å². The molecule has 2 unspecified atom stereocenters. The van der Waals surface area contributed by atoms with Crippen LogP contribution >= 0.6 is 12.6 Å². The number of para-hydroxylation sites is 1. The Morgan fingerprint density at radius 2 is 1.54 bits per heavy atom. The number of ether oxygens (including phenoxy) is 1. The number of nitrogens with zero attached hydrogens (tertiary/aromatic N) is 1. The molecular formula is C31H45N3O4S. The number of benzene rings is 2. The van der Waals surface area contributed by atoms with Crippen LogP contribution in [0.3, 0.4) is 0 Å². The minimum absolute atomic E-state index is 0.0615. The lowest BCUT2D eigenvalue weighted by Gasteiger charge is -2.34. The molecule has 39 heavy (non-hydrogen) atoms. The summed E-state index contributed by atoms with van der Waals surface area (Å²) >= 11 is 4.37. The van der Waals surface area contributed by atoms with Crippen LogP contribution < -0.4 is 10.6 Å². The van der Waals surface area contributed by atoms with E-state index in [4.69, 9.17) is 4.74 Å². The Hall–Kier alpha value is -3.00. The summed E-state index contributed by atoms with van der Waals surface area (Å²) in [4.78, 5) is 42.0. The van der Waals surface area contributed by atoms with Crippen molar-refractivity contribution < 1.29 is 19.1 Å². The number of anilines is 1. The number of carbonyl (C=O) groups is 3. The number of aryl methyl sites for hydroxylation is 1. The van der Waals surface area contributed by atoms with Crippen LogP contribution in [0.4, 0.5) is 10.5 Å². The number of nitrogens with one attached hydrogen (secondary N) is 2. The van der Waals surface area contributed by atoms with Crippen LogP contribution in [0.5, 0.6) is 0 Å². The van der Waals surface area contributed by atoms with E-state index in [0.717, 1.165) is 37.7 Å². The highest BCUT2D eigenvalue weighted by Crippen LogP contribution is 2.26. The number of carbonyl (C=O) groups excluding carboxylic acids is 3. The third-order valence-corrected chi connectivity index (χ3v) is 6.65. The topological polar surface area (TPSA) is 87.7 Å². The molecule has 0 aromatic heterocycles. The molecule has 0 saturated carbocycles. The van der Waals surface area contributed by atoms with Crippen molar-refractivity contribution in [3.8, 4) is 0 Å². The van der Waals surface area contributed by atoms with E-state index in [1.165, 1.54) is 6.42 Å². The molecule has 0 bridgehead atoms. The highest BCUT2D eigenvalue weighted by molar-refractivity contribution is 7.80. The van der Waals surface area contributed by atoms with Gasteiger partial charge in [-0.25, -0.2) is 4.79 Å². The first-order valence-electron chi connectivity index (χ1n) is 13.9. The number of rotatable bonds is 14. The SMILES string of the molecule is CCCCCCCCN(C(=O)C(CS)NC(=O)OC(C)(C)C)C(C(=O)Nc1ccccc1C)c1ccccc1. The Kier molecular flexibility index (Phi) is 13.4. The van der Waals surface area contributed by atoms with Crippen molar-refractivity contribution in [2.45, 2.75) is 90.8 Å². The van der Waals surface area contributed by atoms with Crippen LogP contribution in [0.25, 0.3) is 0 Å². The predicted octanol–water partition coefficient (Wildman–Crippen LogP) is 6.69. The Labute approximate surface area is 239 Å². The zero-order valence-electron chi connectivity index (χ0n) is 24.0. The van der Waals surface area contributed by atoms with E-state index >= 15 is 0 Å². The third-order valence-electron chi connectivity index (χ3n) is 6.29. The molecule has 3 amide bonds. The normalized spacial score (nSPS) is 12.8. The molecule has 7 nitrogen and oxygen atoms in total. The van der Waals surface area contributed by atoms with E-state index in [1.807, 2.05) is 61.5 Å². The number of hydrogen-bond acceptors (Lipinski definition) is 5. The largest absolute Gasteiger partial charge is 0.444 e. The molecule has 2 atom stereocenters. The Bertz CT molecular complexity index is 1060. The van der Waals surface area contributed by atoms with Gasteiger partial charge in [0.1, 0.15) is 17.7 Å². The molecular weight excluding hydrogens is 510 g/mol. The van der Waals surface area contributed by atoms with E-state index in [2.05, 4.69) is 30.2 Å². The fourth-order valence-corrected chi connectivity index (χ4v) is 4.53. The fourth-order valence-electron chi connectivity index (χ4n) is 4.29. The van der Waals surface area contributed by atoms with Gasteiger partial charge in [-0.2, -0.15) is 12.6 Å². The molecule has 0 aliphatic carbocycles. The highest BCUT2D eigenvalue weighted by atomic mass is 32.1. The minimum Gasteiger partial charge on any atom is -0.444 e. The molecule has 2 rings (SSSR count). The molecule has 0 spiro atoms. The van der Waals surface area contributed by atoms with Crippen molar-refractivity contribution >= 4 is 36.2 Å². The van der Waals surface area contributed by atoms with Gasteiger partial charge < -0.3 is 20.3 Å². The minimum atomic E-state index is -0.958. The van der Waals surface area contributed by atoms with Crippen molar-refractivity contribution in [1.82, 2.24) is 10.2 Å². The first-order chi connectivity index (χ1) is 18.6. The van der Waals surface area contributed by atoms with Crippen molar-refractivity contribution in [2.75, 3.05) is 17.6 Å². The summed E-state index contributed by atoms with van der Waals surface area (Å²) in [6.45, 7) is 9.75. The molecule has 0 heterocycles. The quantitative estimate of drug-likeness (QED) is 0.179. The van der Waals surface area contributed by atoms with Crippen LogP contribution in [-0.2, 0) is 14.3 Å². The molecule has 0 saturated heterocycles. The van der Waals surface area contributed by atoms with Gasteiger partial charge in [0.05, 0.1) is 0 Å². The molecule has 2 aromatic carbocycles. The maximum atomic E-state index is 14.0. The van der Waals surface area contributed by atoms with Gasteiger partial charge in [0.2, 0.25) is 5.91 Å². The van der Waals surface area contributed by atoms with Crippen LogP contribution in [0.15, 0.2) is 54.6 Å². The monoisotopic (exact) mass is 555 g/mol. The summed E-state index contributed by atoms with van der Waals surface area (Å²) in [6, 6.07) is 15.0. The molecule has 214 valence electrons. The Morgan fingerprint density at radius 1 is 0.923 bits per heavy atom. The lowest BCUT2D eigenvalue weighted by atomic mass is 10.0. The average molecular weight is 556 g/mol. The summed E-state index contributed by atoms with van der Waals surface area (Å²) in [5, 5.41) is 5.69. The van der Waals surface area contributed by atoms with E-state index in [0.29, 0.717) is 17.8 Å². The maximum Gasteiger partial charge on any atom is 0.408 e. The van der Waals surface area contributed by atoms with Gasteiger partial charge >= 0.3 is 6.09 Å². The van der Waals surface area contributed by atoms with Gasteiger partial charge in [-0.05, 0) is 51.3 Å². The molecule has 0 aliphatic rings. The predicted molar refractivity (Wildman–Crippen MR) is 161 cm³/mol. The first kappa shape index (κ1) is 32.2. The van der Waals surface area contributed by atoms with Gasteiger partial charge in [-0.1, -0.05) is 87.6 Å². The van der Waals surface area contributed by atoms with Crippen LogP contribution in [0.2, 0.25) is 0 Å². The Morgan fingerprint density at radius 3 is 2.15 bits per heavy atom. The summed E-state index contributed by atoms with van der Waals surface area (Å²) in [6.07, 6.45) is 5.51. The summed E-state index contributed by atoms with van der Waals surface area (Å²) < 4.78 is 5.39. The van der Waals surface area contributed by atoms with Gasteiger partial charge in [0, 0.05) is 18.0 Å². The molecule has 2 N–H and O–H groups in total. The van der Waals surface area contributed by atoms with E-state index < -0.39 is 23.8 Å². The summed E-state index contributed by atoms with van der Waals surface area (Å²) in [5.41, 5.74) is 1.59. The lowest BCUT2D eigenvalue weighted by Crippen LogP contribution is -2.53. The van der Waals surface area contributed by atoms with Crippen molar-refractivity contribution in [3.05, 3.63) is 65.7 Å². The second kappa shape index (κ2) is 16.2. The summed E-state index contributed by atoms with van der Waals surface area (Å²) in [7, 11) is 0. The van der Waals surface area contributed by atoms with Gasteiger partial charge in [-0.15, -0.1) is 0 Å². The molecule has 0 aliphatic heterocycles. The number of unbranched alkanes of at least 4 members (excludes halogenated alkanes) is 5. The van der Waals surface area contributed by atoms with E-state index in [-0.39, 0.29) is 17.6 Å². The molecule has 0 radical (unpaired) electrons. The van der Waals surface area contributed by atoms with Crippen molar-refractivity contribution in [3.63, 3.8) is 0 Å². The molecule has 0 fully saturated rings. The number of amides is 3. The number of thiol groups is 1. The number of hydrogen-bond donors (Lipinski definition) is 3. The van der Waals surface area contributed by atoms with Crippen molar-refractivity contribution in [2.24, 2.45) is 0 Å². The van der Waals surface area contributed by atoms with Crippen molar-refractivity contribution in [1.29, 1.82) is 0 Å². The van der Waals surface area contributed by atoms with E-state index in [9.17, 15) is 14.4 Å². The Balaban J connectivity index is 2.40. The molecule has 2 aromatic rings.